The van der Waals surface area contributed by atoms with E-state index in [1.165, 1.54) is 12.1 Å². The predicted octanol–water partition coefficient (Wildman–Crippen LogP) is 0.955. The molecule has 0 spiro atoms. The first kappa shape index (κ1) is 18.7. The molecular formula is C11H17Cl2N3O3S2. The molecule has 0 aromatic carbocycles. The van der Waals surface area contributed by atoms with Crippen LogP contribution in [0.2, 0.25) is 4.34 Å². The Balaban J connectivity index is 0.00000220. The Morgan fingerprint density at radius 2 is 2.14 bits per heavy atom. The van der Waals surface area contributed by atoms with Crippen molar-refractivity contribution in [2.45, 2.75) is 23.1 Å². The molecule has 0 aliphatic heterocycles. The molecule has 1 heterocycles. The van der Waals surface area contributed by atoms with Crippen LogP contribution in [0.15, 0.2) is 16.3 Å². The van der Waals surface area contributed by atoms with Crippen LogP contribution in [0.3, 0.4) is 0 Å². The van der Waals surface area contributed by atoms with Gasteiger partial charge in [-0.2, -0.15) is 0 Å². The number of rotatable bonds is 7. The molecular weight excluding hydrogens is 357 g/mol. The number of carbonyl (C=O) groups is 1. The van der Waals surface area contributed by atoms with Gasteiger partial charge in [-0.3, -0.25) is 4.79 Å². The van der Waals surface area contributed by atoms with E-state index in [9.17, 15) is 13.2 Å². The Hall–Kier alpha value is -0.380. The molecule has 10 heteroatoms. The van der Waals surface area contributed by atoms with Gasteiger partial charge in [-0.05, 0) is 30.9 Å². The first-order valence-electron chi connectivity index (χ1n) is 6.16. The minimum absolute atomic E-state index is 0. The summed E-state index contributed by atoms with van der Waals surface area (Å²) in [6, 6.07) is 2.85. The zero-order valence-electron chi connectivity index (χ0n) is 11.0. The first-order chi connectivity index (χ1) is 9.38. The summed E-state index contributed by atoms with van der Waals surface area (Å²) in [5, 5.41) is 2.62. The molecule has 0 saturated heterocycles. The van der Waals surface area contributed by atoms with Crippen molar-refractivity contribution in [3.05, 3.63) is 16.5 Å². The lowest BCUT2D eigenvalue weighted by Gasteiger charge is -2.11. The third-order valence-corrected chi connectivity index (χ3v) is 6.12. The second kappa shape index (κ2) is 7.75. The lowest BCUT2D eigenvalue weighted by Crippen LogP contribution is -2.43. The molecule has 1 aliphatic rings. The van der Waals surface area contributed by atoms with Crippen LogP contribution < -0.4 is 15.8 Å². The molecule has 1 fully saturated rings. The molecule has 1 aliphatic carbocycles. The van der Waals surface area contributed by atoms with Gasteiger partial charge in [0, 0.05) is 12.6 Å². The van der Waals surface area contributed by atoms with Gasteiger partial charge in [0.1, 0.15) is 4.21 Å². The fourth-order valence-corrected chi connectivity index (χ4v) is 4.17. The highest BCUT2D eigenvalue weighted by Gasteiger charge is 2.28. The van der Waals surface area contributed by atoms with E-state index in [0.717, 1.165) is 24.2 Å². The predicted molar refractivity (Wildman–Crippen MR) is 85.5 cm³/mol. The number of carbonyl (C=O) groups excluding carboxylic acids is 1. The van der Waals surface area contributed by atoms with E-state index in [0.29, 0.717) is 16.8 Å². The summed E-state index contributed by atoms with van der Waals surface area (Å²) in [5.41, 5.74) is 5.84. The summed E-state index contributed by atoms with van der Waals surface area (Å²) in [4.78, 5) is 11.6. The average Bonchev–Trinajstić information content (AvgIpc) is 3.15. The number of hydrogen-bond donors (Lipinski definition) is 3. The Labute approximate surface area is 138 Å². The van der Waals surface area contributed by atoms with Crippen LogP contribution in [-0.2, 0) is 14.8 Å². The molecule has 1 aromatic rings. The van der Waals surface area contributed by atoms with Crippen LogP contribution >= 0.6 is 35.3 Å². The van der Waals surface area contributed by atoms with Gasteiger partial charge in [-0.25, -0.2) is 13.1 Å². The molecule has 1 aromatic heterocycles. The monoisotopic (exact) mass is 373 g/mol. The standard InChI is InChI=1S/C11H16ClN3O3S2.ClH/c12-9-3-4-11(19-9)20(17,18)15-6-10(16)14-5-8(13)7-1-2-7;/h3-4,7-8,15H,1-2,5-6,13H2,(H,14,16);1H. The highest BCUT2D eigenvalue weighted by Crippen LogP contribution is 2.31. The summed E-state index contributed by atoms with van der Waals surface area (Å²) in [6.07, 6.45) is 2.20. The molecule has 1 unspecified atom stereocenters. The highest BCUT2D eigenvalue weighted by molar-refractivity contribution is 7.91. The van der Waals surface area contributed by atoms with E-state index < -0.39 is 15.9 Å². The number of halogens is 2. The molecule has 4 N–H and O–H groups in total. The molecule has 1 saturated carbocycles. The maximum atomic E-state index is 11.8. The van der Waals surface area contributed by atoms with Gasteiger partial charge < -0.3 is 11.1 Å². The topological polar surface area (TPSA) is 101 Å². The lowest BCUT2D eigenvalue weighted by molar-refractivity contribution is -0.120. The number of nitrogens with one attached hydrogen (secondary N) is 2. The van der Waals surface area contributed by atoms with Crippen LogP contribution in [0.5, 0.6) is 0 Å². The Bertz CT molecular complexity index is 587. The van der Waals surface area contributed by atoms with Crippen molar-refractivity contribution in [1.82, 2.24) is 10.0 Å². The maximum absolute atomic E-state index is 11.8. The van der Waals surface area contributed by atoms with E-state index in [-0.39, 0.29) is 29.2 Å². The molecule has 0 bridgehead atoms. The normalized spacial score (nSPS) is 16.1. The van der Waals surface area contributed by atoms with Crippen LogP contribution in [0.25, 0.3) is 0 Å². The Morgan fingerprint density at radius 3 is 2.67 bits per heavy atom. The van der Waals surface area contributed by atoms with E-state index in [4.69, 9.17) is 17.3 Å². The Kier molecular flexibility index (Phi) is 6.89. The Morgan fingerprint density at radius 1 is 1.48 bits per heavy atom. The number of thiophene rings is 1. The zero-order valence-corrected chi connectivity index (χ0v) is 14.2. The van der Waals surface area contributed by atoms with Gasteiger partial charge >= 0.3 is 0 Å². The highest BCUT2D eigenvalue weighted by atomic mass is 35.5. The quantitative estimate of drug-likeness (QED) is 0.662. The van der Waals surface area contributed by atoms with Crippen molar-refractivity contribution in [2.24, 2.45) is 11.7 Å². The second-order valence-electron chi connectivity index (χ2n) is 4.69. The van der Waals surface area contributed by atoms with Crippen molar-refractivity contribution in [3.63, 3.8) is 0 Å². The SMILES string of the molecule is Cl.NC(CNC(=O)CNS(=O)(=O)c1ccc(Cl)s1)C1CC1. The smallest absolute Gasteiger partial charge is 0.250 e. The second-order valence-corrected chi connectivity index (χ2v) is 8.40. The van der Waals surface area contributed by atoms with Crippen molar-refractivity contribution in [3.8, 4) is 0 Å². The van der Waals surface area contributed by atoms with Crippen LogP contribution in [0.4, 0.5) is 0 Å². The fraction of sp³-hybridized carbons (Fsp3) is 0.545. The summed E-state index contributed by atoms with van der Waals surface area (Å²) >= 11 is 6.62. The van der Waals surface area contributed by atoms with Gasteiger partial charge in [0.05, 0.1) is 10.9 Å². The van der Waals surface area contributed by atoms with Crippen molar-refractivity contribution in [1.29, 1.82) is 0 Å². The summed E-state index contributed by atoms with van der Waals surface area (Å²) < 4.78 is 26.4. The summed E-state index contributed by atoms with van der Waals surface area (Å²) in [5.74, 6) is 0.0904. The summed E-state index contributed by atoms with van der Waals surface area (Å²) in [7, 11) is -3.69. The molecule has 0 radical (unpaired) electrons. The van der Waals surface area contributed by atoms with Crippen molar-refractivity contribution in [2.75, 3.05) is 13.1 Å². The molecule has 2 rings (SSSR count). The van der Waals surface area contributed by atoms with Gasteiger partial charge in [0.25, 0.3) is 10.0 Å². The molecule has 21 heavy (non-hydrogen) atoms. The fourth-order valence-electron chi connectivity index (χ4n) is 1.66. The summed E-state index contributed by atoms with van der Waals surface area (Å²) in [6.45, 7) is 0.0608. The van der Waals surface area contributed by atoms with Crippen LogP contribution in [0, 0.1) is 5.92 Å². The minimum Gasteiger partial charge on any atom is -0.353 e. The van der Waals surface area contributed by atoms with E-state index in [2.05, 4.69) is 10.0 Å². The van der Waals surface area contributed by atoms with Crippen molar-refractivity contribution >= 4 is 51.3 Å². The van der Waals surface area contributed by atoms with E-state index >= 15 is 0 Å². The number of hydrogen-bond acceptors (Lipinski definition) is 5. The average molecular weight is 374 g/mol. The molecule has 120 valence electrons. The van der Waals surface area contributed by atoms with Crippen LogP contribution in [0.1, 0.15) is 12.8 Å². The largest absolute Gasteiger partial charge is 0.353 e. The first-order valence-corrected chi connectivity index (χ1v) is 8.83. The van der Waals surface area contributed by atoms with Gasteiger partial charge in [-0.1, -0.05) is 11.6 Å². The minimum atomic E-state index is -3.69. The van der Waals surface area contributed by atoms with Crippen molar-refractivity contribution < 1.29 is 13.2 Å². The van der Waals surface area contributed by atoms with E-state index in [1.54, 1.807) is 0 Å². The van der Waals surface area contributed by atoms with Gasteiger partial charge in [0.2, 0.25) is 5.91 Å². The van der Waals surface area contributed by atoms with E-state index in [1.807, 2.05) is 0 Å². The number of sulfonamides is 1. The molecule has 1 atom stereocenters. The molecule has 1 amide bonds. The zero-order chi connectivity index (χ0) is 14.8. The molecule has 6 nitrogen and oxygen atoms in total. The third kappa shape index (κ3) is 5.72. The van der Waals surface area contributed by atoms with Gasteiger partial charge in [-0.15, -0.1) is 23.7 Å². The number of amides is 1. The third-order valence-electron chi connectivity index (χ3n) is 3.00. The lowest BCUT2D eigenvalue weighted by atomic mass is 10.2. The maximum Gasteiger partial charge on any atom is 0.250 e. The number of nitrogens with two attached hydrogens (primary N) is 1. The van der Waals surface area contributed by atoms with Gasteiger partial charge in [0.15, 0.2) is 0 Å². The van der Waals surface area contributed by atoms with Crippen LogP contribution in [-0.4, -0.2) is 33.5 Å².